The highest BCUT2D eigenvalue weighted by Crippen LogP contribution is 2.50. The van der Waals surface area contributed by atoms with Gasteiger partial charge in [-0.3, -0.25) is 4.79 Å². The molecule has 12 heteroatoms. The molecule has 3 aliphatic heterocycles. The minimum Gasteiger partial charge on any atom is -0.449 e. The molecule has 11 nitrogen and oxygen atoms in total. The number of rotatable bonds is 4. The summed E-state index contributed by atoms with van der Waals surface area (Å²) in [4.78, 5) is 41.4. The lowest BCUT2D eigenvalue weighted by Gasteiger charge is -2.45. The van der Waals surface area contributed by atoms with Crippen molar-refractivity contribution in [2.75, 3.05) is 13.2 Å². The predicted octanol–water partition coefficient (Wildman–Crippen LogP) is 2.23. The molecule has 5 rings (SSSR count). The van der Waals surface area contributed by atoms with Crippen LogP contribution in [-0.4, -0.2) is 64.7 Å². The highest BCUT2D eigenvalue weighted by atomic mass is 32.2. The number of aryl methyl sites for hydroxylation is 1. The zero-order chi connectivity index (χ0) is 23.5. The van der Waals surface area contributed by atoms with Crippen LogP contribution in [0.25, 0.3) is 0 Å². The molecular weight excluding hydrogens is 452 g/mol. The van der Waals surface area contributed by atoms with Crippen molar-refractivity contribution in [2.45, 2.75) is 30.6 Å². The van der Waals surface area contributed by atoms with Crippen LogP contribution in [0.4, 0.5) is 9.59 Å². The van der Waals surface area contributed by atoms with Crippen LogP contribution in [0.15, 0.2) is 59.6 Å². The van der Waals surface area contributed by atoms with Gasteiger partial charge in [0.15, 0.2) is 6.17 Å². The van der Waals surface area contributed by atoms with Crippen molar-refractivity contribution < 1.29 is 31.8 Å². The topological polar surface area (TPSA) is 118 Å². The number of hydrogen-bond donors (Lipinski definition) is 0. The van der Waals surface area contributed by atoms with Crippen LogP contribution < -0.4 is 0 Å². The summed E-state index contributed by atoms with van der Waals surface area (Å²) in [6.07, 6.45) is 2.54. The Hall–Kier alpha value is -3.64. The van der Waals surface area contributed by atoms with Gasteiger partial charge in [-0.15, -0.1) is 9.35 Å². The fraction of sp³-hybridized carbons (Fsp3) is 0.286. The highest BCUT2D eigenvalue weighted by Gasteiger charge is 2.69. The van der Waals surface area contributed by atoms with Crippen LogP contribution in [0, 0.1) is 6.92 Å². The van der Waals surface area contributed by atoms with Crippen molar-refractivity contribution in [2.24, 2.45) is 0 Å². The van der Waals surface area contributed by atoms with Crippen molar-refractivity contribution >= 4 is 28.1 Å². The highest BCUT2D eigenvalue weighted by molar-refractivity contribution is 7.86. The Kier molecular flexibility index (Phi) is 4.62. The van der Waals surface area contributed by atoms with Crippen molar-refractivity contribution in [1.29, 1.82) is 0 Å². The zero-order valence-corrected chi connectivity index (χ0v) is 18.6. The first-order valence-electron chi connectivity index (χ1n) is 10.2. The molecule has 1 aromatic heterocycles. The molecule has 172 valence electrons. The molecule has 0 radical (unpaired) electrons. The monoisotopic (exact) mass is 472 g/mol. The number of carbonyl (C=O) groups is 3. The fourth-order valence-electron chi connectivity index (χ4n) is 4.43. The third kappa shape index (κ3) is 2.84. The smallest absolute Gasteiger partial charge is 0.419 e. The number of benzene rings is 1. The first-order valence-corrected chi connectivity index (χ1v) is 11.6. The summed E-state index contributed by atoms with van der Waals surface area (Å²) < 4.78 is 38.1. The van der Waals surface area contributed by atoms with E-state index in [1.54, 1.807) is 50.4 Å². The molecule has 33 heavy (non-hydrogen) atoms. The molecule has 1 spiro atoms. The number of ether oxygens (including phenoxy) is 1. The molecule has 2 atom stereocenters. The van der Waals surface area contributed by atoms with Gasteiger partial charge in [0.1, 0.15) is 5.69 Å². The van der Waals surface area contributed by atoms with E-state index in [9.17, 15) is 22.8 Å². The Morgan fingerprint density at radius 3 is 2.61 bits per heavy atom. The number of amides is 4. The quantitative estimate of drug-likeness (QED) is 0.626. The zero-order valence-electron chi connectivity index (χ0n) is 17.7. The summed E-state index contributed by atoms with van der Waals surface area (Å²) >= 11 is 0. The van der Waals surface area contributed by atoms with E-state index in [0.29, 0.717) is 5.06 Å². The normalized spacial score (nSPS) is 23.6. The first kappa shape index (κ1) is 21.2. The second-order valence-corrected chi connectivity index (χ2v) is 9.29. The molecule has 1 fully saturated rings. The molecular formula is C21H20N4O7S. The lowest BCUT2D eigenvalue weighted by molar-refractivity contribution is -0.124. The number of hydrogen-bond acceptors (Lipinski definition) is 7. The second-order valence-electron chi connectivity index (χ2n) is 7.76. The molecule has 4 amide bonds. The van der Waals surface area contributed by atoms with Crippen molar-refractivity contribution in [3.63, 3.8) is 0 Å². The van der Waals surface area contributed by atoms with Gasteiger partial charge in [-0.1, -0.05) is 23.8 Å². The Morgan fingerprint density at radius 2 is 1.91 bits per heavy atom. The van der Waals surface area contributed by atoms with Gasteiger partial charge in [-0.25, -0.2) is 14.5 Å². The van der Waals surface area contributed by atoms with Crippen molar-refractivity contribution in [3.05, 3.63) is 66.0 Å². The van der Waals surface area contributed by atoms with Crippen LogP contribution in [0.3, 0.4) is 0 Å². The predicted molar refractivity (Wildman–Crippen MR) is 112 cm³/mol. The SMILES string of the molecule is CCOC(=O)N1C(=O)N(OS(=O)(=O)c2ccc(C)cc2)[C@]23C=CCN2C(=O)c2cccn2[C@H]13. The molecule has 0 unspecified atom stereocenters. The Labute approximate surface area is 189 Å². The van der Waals surface area contributed by atoms with Crippen molar-refractivity contribution in [3.8, 4) is 0 Å². The van der Waals surface area contributed by atoms with Crippen molar-refractivity contribution in [1.82, 2.24) is 19.4 Å². The summed E-state index contributed by atoms with van der Waals surface area (Å²) in [5.41, 5.74) is -0.643. The van der Waals surface area contributed by atoms with E-state index < -0.39 is 40.0 Å². The van der Waals surface area contributed by atoms with Gasteiger partial charge in [0.25, 0.3) is 5.91 Å². The van der Waals surface area contributed by atoms with Crippen LogP contribution >= 0.6 is 0 Å². The average Bonchev–Trinajstić information content (AvgIpc) is 3.48. The second kappa shape index (κ2) is 7.18. The number of urea groups is 1. The van der Waals surface area contributed by atoms with Gasteiger partial charge in [-0.2, -0.15) is 8.42 Å². The Bertz CT molecular complexity index is 1300. The number of imide groups is 1. The fourth-order valence-corrected chi connectivity index (χ4v) is 5.37. The molecule has 0 N–H and O–H groups in total. The van der Waals surface area contributed by atoms with E-state index in [-0.39, 0.29) is 23.7 Å². The molecule has 4 heterocycles. The van der Waals surface area contributed by atoms with Crippen LogP contribution in [0.5, 0.6) is 0 Å². The summed E-state index contributed by atoms with van der Waals surface area (Å²) in [5.74, 6) is -0.443. The standard InChI is InChI=1S/C21H20N4O7S/c1-3-31-20(28)24-18-21(11-5-13-23(21)17(26)16-6-4-12-22(16)18)25(19(24)27)32-33(29,30)15-9-7-14(2)8-10-15/h4-12,18H,3,13H2,1-2H3/t18-,21+/m1/s1. The van der Waals surface area contributed by atoms with Crippen LogP contribution in [0.2, 0.25) is 0 Å². The lowest BCUT2D eigenvalue weighted by Crippen LogP contribution is -2.63. The largest absolute Gasteiger partial charge is 0.449 e. The van der Waals surface area contributed by atoms with Gasteiger partial charge in [0.2, 0.25) is 5.66 Å². The van der Waals surface area contributed by atoms with Gasteiger partial charge in [0.05, 0.1) is 11.5 Å². The van der Waals surface area contributed by atoms with Gasteiger partial charge in [0, 0.05) is 12.7 Å². The summed E-state index contributed by atoms with van der Waals surface area (Å²) in [7, 11) is -4.49. The van der Waals surface area contributed by atoms with E-state index >= 15 is 0 Å². The number of carbonyl (C=O) groups excluding carboxylic acids is 3. The summed E-state index contributed by atoms with van der Waals surface area (Å²) in [5, 5.41) is 0.577. The Balaban J connectivity index is 1.67. The summed E-state index contributed by atoms with van der Waals surface area (Å²) in [6.45, 7) is 3.46. The third-order valence-electron chi connectivity index (χ3n) is 5.87. The third-order valence-corrected chi connectivity index (χ3v) is 7.06. The number of nitrogens with zero attached hydrogens (tertiary/aromatic N) is 4. The van der Waals surface area contributed by atoms with E-state index in [0.717, 1.165) is 10.5 Å². The van der Waals surface area contributed by atoms with E-state index in [4.69, 9.17) is 9.02 Å². The molecule has 3 aliphatic rings. The number of fused-ring (bicyclic) bond motifs is 2. The maximum atomic E-state index is 13.5. The molecule has 2 aromatic rings. The van der Waals surface area contributed by atoms with Gasteiger partial charge >= 0.3 is 22.2 Å². The number of hydroxylamine groups is 2. The van der Waals surface area contributed by atoms with Gasteiger partial charge in [-0.05, 0) is 44.2 Å². The molecule has 1 aromatic carbocycles. The van der Waals surface area contributed by atoms with E-state index in [1.165, 1.54) is 27.7 Å². The Morgan fingerprint density at radius 1 is 1.18 bits per heavy atom. The molecule has 1 saturated heterocycles. The van der Waals surface area contributed by atoms with Crippen LogP contribution in [0.1, 0.15) is 29.1 Å². The summed E-state index contributed by atoms with van der Waals surface area (Å²) in [6, 6.07) is 7.97. The maximum absolute atomic E-state index is 13.5. The minimum atomic E-state index is -4.49. The minimum absolute atomic E-state index is 0.0120. The first-order chi connectivity index (χ1) is 15.7. The molecule has 0 saturated carbocycles. The molecule has 0 bridgehead atoms. The average molecular weight is 472 g/mol. The van der Waals surface area contributed by atoms with E-state index in [2.05, 4.69) is 0 Å². The molecule has 0 aliphatic carbocycles. The lowest BCUT2D eigenvalue weighted by atomic mass is 10.0. The number of aromatic nitrogens is 1. The maximum Gasteiger partial charge on any atom is 0.419 e. The van der Waals surface area contributed by atoms with E-state index in [1.807, 2.05) is 0 Å². The van der Waals surface area contributed by atoms with Crippen LogP contribution in [-0.2, 0) is 19.1 Å². The van der Waals surface area contributed by atoms with Gasteiger partial charge < -0.3 is 14.2 Å².